The van der Waals surface area contributed by atoms with Crippen LogP contribution >= 0.6 is 11.6 Å². The van der Waals surface area contributed by atoms with Crippen LogP contribution in [-0.2, 0) is 0 Å². The summed E-state index contributed by atoms with van der Waals surface area (Å²) in [6.07, 6.45) is 2.56. The Hall–Kier alpha value is -0.800. The molecule has 0 spiro atoms. The van der Waals surface area contributed by atoms with Crippen molar-refractivity contribution in [2.45, 2.75) is 31.8 Å². The third-order valence-corrected chi connectivity index (χ3v) is 4.46. The Labute approximate surface area is 112 Å². The fourth-order valence-corrected chi connectivity index (χ4v) is 3.51. The van der Waals surface area contributed by atoms with Crippen molar-refractivity contribution >= 4 is 17.3 Å². The largest absolute Gasteiger partial charge is 0.365 e. The van der Waals surface area contributed by atoms with Gasteiger partial charge in [-0.1, -0.05) is 11.6 Å². The minimum Gasteiger partial charge on any atom is -0.365 e. The maximum absolute atomic E-state index is 13.1. The molecule has 2 nitrogen and oxygen atoms in total. The molecular formula is C14H18ClFN2. The molecule has 2 unspecified atom stereocenters. The Balaban J connectivity index is 1.86. The van der Waals surface area contributed by atoms with Crippen molar-refractivity contribution in [2.24, 2.45) is 0 Å². The van der Waals surface area contributed by atoms with Crippen LogP contribution in [0.5, 0.6) is 0 Å². The first kappa shape index (κ1) is 12.2. The van der Waals surface area contributed by atoms with Crippen molar-refractivity contribution in [2.75, 3.05) is 24.5 Å². The van der Waals surface area contributed by atoms with Gasteiger partial charge >= 0.3 is 0 Å². The second-order valence-electron chi connectivity index (χ2n) is 5.39. The van der Waals surface area contributed by atoms with Gasteiger partial charge in [0.15, 0.2) is 0 Å². The van der Waals surface area contributed by atoms with Gasteiger partial charge in [-0.05, 0) is 44.5 Å². The zero-order valence-electron chi connectivity index (χ0n) is 10.6. The Morgan fingerprint density at radius 1 is 1.33 bits per heavy atom. The van der Waals surface area contributed by atoms with Gasteiger partial charge in [0.25, 0.3) is 0 Å². The minimum absolute atomic E-state index is 0.268. The number of hydrogen-bond acceptors (Lipinski definition) is 2. The summed E-state index contributed by atoms with van der Waals surface area (Å²) in [4.78, 5) is 4.90. The average molecular weight is 269 g/mol. The fourth-order valence-electron chi connectivity index (χ4n) is 3.24. The van der Waals surface area contributed by atoms with Gasteiger partial charge in [-0.25, -0.2) is 4.39 Å². The molecule has 98 valence electrons. The number of rotatable bonds is 1. The summed E-state index contributed by atoms with van der Waals surface area (Å²) >= 11 is 6.18. The molecule has 0 radical (unpaired) electrons. The summed E-state index contributed by atoms with van der Waals surface area (Å²) in [5.41, 5.74) is 0.970. The van der Waals surface area contributed by atoms with Crippen molar-refractivity contribution in [3.05, 3.63) is 29.0 Å². The van der Waals surface area contributed by atoms with E-state index in [0.29, 0.717) is 17.1 Å². The van der Waals surface area contributed by atoms with Crippen LogP contribution in [0.4, 0.5) is 10.1 Å². The zero-order chi connectivity index (χ0) is 12.7. The van der Waals surface area contributed by atoms with Crippen LogP contribution in [0.15, 0.2) is 18.2 Å². The van der Waals surface area contributed by atoms with Crippen molar-refractivity contribution in [3.8, 4) is 0 Å². The average Bonchev–Trinajstić information content (AvgIpc) is 2.75. The first-order valence-corrected chi connectivity index (χ1v) is 6.98. The highest BCUT2D eigenvalue weighted by atomic mass is 35.5. The van der Waals surface area contributed by atoms with Gasteiger partial charge in [0.2, 0.25) is 0 Å². The predicted octanol–water partition coefficient (Wildman–Crippen LogP) is 3.15. The van der Waals surface area contributed by atoms with Gasteiger partial charge < -0.3 is 4.90 Å². The summed E-state index contributed by atoms with van der Waals surface area (Å²) in [6.45, 7) is 5.53. The van der Waals surface area contributed by atoms with Crippen molar-refractivity contribution in [1.82, 2.24) is 4.90 Å². The molecule has 2 fully saturated rings. The number of piperazine rings is 1. The second-order valence-corrected chi connectivity index (χ2v) is 5.80. The van der Waals surface area contributed by atoms with E-state index < -0.39 is 0 Å². The maximum atomic E-state index is 13.1. The second kappa shape index (κ2) is 4.71. The highest BCUT2D eigenvalue weighted by Gasteiger charge is 2.34. The summed E-state index contributed by atoms with van der Waals surface area (Å²) < 4.78 is 13.1. The molecule has 2 atom stereocenters. The van der Waals surface area contributed by atoms with Crippen LogP contribution in [0.25, 0.3) is 0 Å². The van der Waals surface area contributed by atoms with Crippen molar-refractivity contribution in [1.29, 1.82) is 0 Å². The molecular weight excluding hydrogens is 251 g/mol. The van der Waals surface area contributed by atoms with Crippen LogP contribution in [0.1, 0.15) is 19.8 Å². The van der Waals surface area contributed by atoms with Gasteiger partial charge in [-0.15, -0.1) is 0 Å². The molecule has 0 N–H and O–H groups in total. The van der Waals surface area contributed by atoms with Crippen LogP contribution < -0.4 is 4.90 Å². The molecule has 2 aliphatic rings. The summed E-state index contributed by atoms with van der Waals surface area (Å²) in [5.74, 6) is -0.268. The lowest BCUT2D eigenvalue weighted by atomic mass is 10.1. The maximum Gasteiger partial charge on any atom is 0.124 e. The Kier molecular flexibility index (Phi) is 3.20. The molecule has 2 aliphatic heterocycles. The quantitative estimate of drug-likeness (QED) is 0.772. The van der Waals surface area contributed by atoms with Crippen LogP contribution in [0.2, 0.25) is 5.02 Å². The number of nitrogens with zero attached hydrogens (tertiary/aromatic N) is 2. The van der Waals surface area contributed by atoms with Gasteiger partial charge in [0.05, 0.1) is 10.7 Å². The number of fused-ring (bicyclic) bond motifs is 1. The van der Waals surface area contributed by atoms with Gasteiger partial charge in [-0.2, -0.15) is 0 Å². The van der Waals surface area contributed by atoms with E-state index in [0.717, 1.165) is 18.8 Å². The van der Waals surface area contributed by atoms with E-state index in [9.17, 15) is 4.39 Å². The first-order chi connectivity index (χ1) is 8.65. The topological polar surface area (TPSA) is 6.48 Å². The molecule has 0 amide bonds. The molecule has 2 saturated heterocycles. The smallest absolute Gasteiger partial charge is 0.124 e. The molecule has 1 aromatic rings. The predicted molar refractivity (Wildman–Crippen MR) is 72.8 cm³/mol. The highest BCUT2D eigenvalue weighted by molar-refractivity contribution is 6.33. The van der Waals surface area contributed by atoms with Gasteiger partial charge in [-0.3, -0.25) is 4.90 Å². The van der Waals surface area contributed by atoms with Crippen molar-refractivity contribution in [3.63, 3.8) is 0 Å². The normalized spacial score (nSPS) is 28.5. The van der Waals surface area contributed by atoms with E-state index in [-0.39, 0.29) is 5.82 Å². The van der Waals surface area contributed by atoms with E-state index in [2.05, 4.69) is 16.7 Å². The molecule has 0 bridgehead atoms. The molecule has 0 aromatic heterocycles. The van der Waals surface area contributed by atoms with E-state index in [1.54, 1.807) is 6.07 Å². The monoisotopic (exact) mass is 268 g/mol. The van der Waals surface area contributed by atoms with Gasteiger partial charge in [0, 0.05) is 25.2 Å². The molecule has 18 heavy (non-hydrogen) atoms. The van der Waals surface area contributed by atoms with Crippen LogP contribution in [-0.4, -0.2) is 36.6 Å². The molecule has 0 saturated carbocycles. The molecule has 3 rings (SSSR count). The lowest BCUT2D eigenvalue weighted by Gasteiger charge is -2.44. The zero-order valence-corrected chi connectivity index (χ0v) is 11.3. The molecule has 0 aliphatic carbocycles. The first-order valence-electron chi connectivity index (χ1n) is 6.61. The number of halogens is 2. The molecule has 2 heterocycles. The van der Waals surface area contributed by atoms with E-state index in [4.69, 9.17) is 11.6 Å². The highest BCUT2D eigenvalue weighted by Crippen LogP contribution is 2.33. The van der Waals surface area contributed by atoms with E-state index >= 15 is 0 Å². The number of benzene rings is 1. The summed E-state index contributed by atoms with van der Waals surface area (Å²) in [7, 11) is 0. The lowest BCUT2D eigenvalue weighted by Crippen LogP contribution is -2.55. The standard InChI is InChI=1S/C14H18ClFN2/c1-10-8-17-6-2-3-12(17)9-18(10)14-5-4-11(16)7-13(14)15/h4-5,7,10,12H,2-3,6,8-9H2,1H3. The van der Waals surface area contributed by atoms with Gasteiger partial charge in [0.1, 0.15) is 5.82 Å². The number of hydrogen-bond donors (Lipinski definition) is 0. The summed E-state index contributed by atoms with van der Waals surface area (Å²) in [6, 6.07) is 5.78. The Morgan fingerprint density at radius 3 is 2.94 bits per heavy atom. The van der Waals surface area contributed by atoms with Crippen molar-refractivity contribution < 1.29 is 4.39 Å². The Bertz CT molecular complexity index is 451. The Morgan fingerprint density at radius 2 is 2.17 bits per heavy atom. The molecule has 4 heteroatoms. The molecule has 1 aromatic carbocycles. The lowest BCUT2D eigenvalue weighted by molar-refractivity contribution is 0.203. The SMILES string of the molecule is CC1CN2CCCC2CN1c1ccc(F)cc1Cl. The minimum atomic E-state index is -0.268. The third-order valence-electron chi connectivity index (χ3n) is 4.16. The fraction of sp³-hybridized carbons (Fsp3) is 0.571. The number of anilines is 1. The van der Waals surface area contributed by atoms with E-state index in [1.165, 1.54) is 31.5 Å². The van der Waals surface area contributed by atoms with Crippen LogP contribution in [0.3, 0.4) is 0 Å². The third kappa shape index (κ3) is 2.10. The van der Waals surface area contributed by atoms with Crippen LogP contribution in [0, 0.1) is 5.82 Å². The summed E-state index contributed by atoms with van der Waals surface area (Å²) in [5, 5.41) is 0.522. The van der Waals surface area contributed by atoms with E-state index in [1.807, 2.05) is 0 Å².